The Morgan fingerprint density at radius 2 is 2.05 bits per heavy atom. The smallest absolute Gasteiger partial charge is 0.260 e. The van der Waals surface area contributed by atoms with Gasteiger partial charge in [-0.1, -0.05) is 18.2 Å². The summed E-state index contributed by atoms with van der Waals surface area (Å²) in [6.45, 7) is 0. The molecule has 0 bridgehead atoms. The molecule has 0 spiro atoms. The first-order valence-corrected chi connectivity index (χ1v) is 7.03. The molecule has 96 valence electrons. The van der Waals surface area contributed by atoms with E-state index in [1.807, 2.05) is 0 Å². The Kier molecular flexibility index (Phi) is 2.91. The van der Waals surface area contributed by atoms with E-state index in [0.29, 0.717) is 14.7 Å². The van der Waals surface area contributed by atoms with Gasteiger partial charge in [0.2, 0.25) is 0 Å². The van der Waals surface area contributed by atoms with Crippen LogP contribution in [0.4, 0.5) is 4.39 Å². The fraction of sp³-hybridized carbons (Fsp3) is 0. The van der Waals surface area contributed by atoms with Gasteiger partial charge in [0.15, 0.2) is 0 Å². The highest BCUT2D eigenvalue weighted by molar-refractivity contribution is 9.10. The molecular weight excluding hydrogens is 333 g/mol. The summed E-state index contributed by atoms with van der Waals surface area (Å²) in [6, 6.07) is 5.87. The molecule has 0 unspecified atom stereocenters. The number of aromatic amines is 1. The number of nitrogens with one attached hydrogen (secondary N) is 1. The Balaban J connectivity index is 2.43. The van der Waals surface area contributed by atoms with Gasteiger partial charge >= 0.3 is 0 Å². The van der Waals surface area contributed by atoms with E-state index in [-0.39, 0.29) is 16.9 Å². The summed E-state index contributed by atoms with van der Waals surface area (Å²) < 4.78 is 15.0. The fourth-order valence-corrected chi connectivity index (χ4v) is 3.48. The molecule has 2 heterocycles. The third-order valence-corrected chi connectivity index (χ3v) is 4.72. The number of fused-ring (bicyclic) bond motifs is 1. The largest absolute Gasteiger partial charge is 0.506 e. The van der Waals surface area contributed by atoms with E-state index < -0.39 is 11.4 Å². The normalized spacial score (nSPS) is 11.1. The monoisotopic (exact) mass is 339 g/mol. The minimum atomic E-state index is -0.543. The molecule has 1 aromatic carbocycles. The van der Waals surface area contributed by atoms with Gasteiger partial charge in [-0.25, -0.2) is 4.39 Å². The van der Waals surface area contributed by atoms with Crippen molar-refractivity contribution in [1.82, 2.24) is 4.98 Å². The molecule has 0 aliphatic carbocycles. The number of pyridine rings is 1. The molecule has 0 saturated heterocycles. The van der Waals surface area contributed by atoms with Gasteiger partial charge < -0.3 is 10.1 Å². The number of aromatic nitrogens is 1. The molecule has 2 N–H and O–H groups in total. The van der Waals surface area contributed by atoms with Crippen LogP contribution in [-0.4, -0.2) is 10.1 Å². The molecule has 0 amide bonds. The van der Waals surface area contributed by atoms with Crippen LogP contribution in [0.3, 0.4) is 0 Å². The van der Waals surface area contributed by atoms with Gasteiger partial charge in [0.25, 0.3) is 5.56 Å². The van der Waals surface area contributed by atoms with Crippen LogP contribution >= 0.6 is 27.3 Å². The van der Waals surface area contributed by atoms with E-state index in [2.05, 4.69) is 20.9 Å². The lowest BCUT2D eigenvalue weighted by molar-refractivity contribution is 0.483. The van der Waals surface area contributed by atoms with Crippen LogP contribution in [-0.2, 0) is 0 Å². The summed E-state index contributed by atoms with van der Waals surface area (Å²) in [7, 11) is 0. The minimum absolute atomic E-state index is 0.0417. The van der Waals surface area contributed by atoms with E-state index in [0.717, 1.165) is 0 Å². The van der Waals surface area contributed by atoms with E-state index in [4.69, 9.17) is 0 Å². The number of hydrogen-bond donors (Lipinski definition) is 2. The third kappa shape index (κ3) is 1.87. The zero-order valence-corrected chi connectivity index (χ0v) is 11.8. The number of benzene rings is 1. The average Bonchev–Trinajstić information content (AvgIpc) is 2.74. The Bertz CT molecular complexity index is 840. The van der Waals surface area contributed by atoms with Crippen molar-refractivity contribution in [3.63, 3.8) is 0 Å². The molecule has 0 fully saturated rings. The first-order valence-electron chi connectivity index (χ1n) is 5.36. The molecule has 0 saturated carbocycles. The maximum absolute atomic E-state index is 13.8. The van der Waals surface area contributed by atoms with Gasteiger partial charge in [0.05, 0.1) is 20.3 Å². The standard InChI is InChI=1S/C13H7BrFNO2S/c14-7-5-19-12-10(7)16-13(18)9(11(12)17)6-3-1-2-4-8(6)15/h1-5H,(H2,16,17,18). The van der Waals surface area contributed by atoms with E-state index in [9.17, 15) is 14.3 Å². The molecule has 0 radical (unpaired) electrons. The van der Waals surface area contributed by atoms with Crippen molar-refractivity contribution < 1.29 is 9.50 Å². The highest BCUT2D eigenvalue weighted by atomic mass is 79.9. The molecule has 3 aromatic rings. The SMILES string of the molecule is O=c1[nH]c2c(Br)csc2c(O)c1-c1ccccc1F. The van der Waals surface area contributed by atoms with Crippen LogP contribution in [0.5, 0.6) is 5.75 Å². The van der Waals surface area contributed by atoms with Gasteiger partial charge in [-0.05, 0) is 22.0 Å². The van der Waals surface area contributed by atoms with Crippen LogP contribution in [0.2, 0.25) is 0 Å². The lowest BCUT2D eigenvalue weighted by Gasteiger charge is -2.06. The minimum Gasteiger partial charge on any atom is -0.506 e. The van der Waals surface area contributed by atoms with Crippen LogP contribution in [0.1, 0.15) is 0 Å². The van der Waals surface area contributed by atoms with Gasteiger partial charge in [0.1, 0.15) is 11.6 Å². The second-order valence-corrected chi connectivity index (χ2v) is 5.68. The highest BCUT2D eigenvalue weighted by Crippen LogP contribution is 2.39. The first-order chi connectivity index (χ1) is 9.09. The number of halogens is 2. The van der Waals surface area contributed by atoms with Gasteiger partial charge in [-0.3, -0.25) is 4.79 Å². The molecule has 3 nitrogen and oxygen atoms in total. The molecule has 2 aromatic heterocycles. The summed E-state index contributed by atoms with van der Waals surface area (Å²) in [5.74, 6) is -0.738. The number of H-pyrrole nitrogens is 1. The zero-order valence-electron chi connectivity index (χ0n) is 9.41. The van der Waals surface area contributed by atoms with E-state index in [1.54, 1.807) is 11.4 Å². The van der Waals surface area contributed by atoms with E-state index in [1.165, 1.54) is 29.5 Å². The van der Waals surface area contributed by atoms with Crippen LogP contribution < -0.4 is 5.56 Å². The number of hydrogen-bond acceptors (Lipinski definition) is 3. The first kappa shape index (κ1) is 12.4. The molecular formula is C13H7BrFNO2S. The van der Waals surface area contributed by atoms with Gasteiger partial charge in [-0.2, -0.15) is 0 Å². The van der Waals surface area contributed by atoms with Crippen molar-refractivity contribution in [1.29, 1.82) is 0 Å². The predicted molar refractivity (Wildman–Crippen MR) is 77.2 cm³/mol. The summed E-state index contributed by atoms with van der Waals surface area (Å²) >= 11 is 4.56. The number of thiophene rings is 1. The number of aromatic hydroxyl groups is 1. The predicted octanol–water partition coefficient (Wildman–Crippen LogP) is 3.86. The van der Waals surface area contributed by atoms with Gasteiger partial charge in [0, 0.05) is 10.9 Å². The van der Waals surface area contributed by atoms with Crippen molar-refractivity contribution >= 4 is 37.5 Å². The van der Waals surface area contributed by atoms with Crippen molar-refractivity contribution in [2.24, 2.45) is 0 Å². The lowest BCUT2D eigenvalue weighted by atomic mass is 10.1. The Morgan fingerprint density at radius 3 is 2.79 bits per heavy atom. The topological polar surface area (TPSA) is 53.1 Å². The number of rotatable bonds is 1. The summed E-state index contributed by atoms with van der Waals surface area (Å²) in [5, 5.41) is 12.0. The van der Waals surface area contributed by atoms with Crippen LogP contribution in [0.15, 0.2) is 38.9 Å². The van der Waals surface area contributed by atoms with Gasteiger partial charge in [-0.15, -0.1) is 11.3 Å². The Morgan fingerprint density at radius 1 is 1.32 bits per heavy atom. The fourth-order valence-electron chi connectivity index (χ4n) is 1.94. The highest BCUT2D eigenvalue weighted by Gasteiger charge is 2.18. The summed E-state index contributed by atoms with van der Waals surface area (Å²) in [4.78, 5) is 14.7. The maximum Gasteiger partial charge on any atom is 0.260 e. The van der Waals surface area contributed by atoms with Crippen molar-refractivity contribution in [3.05, 3.63) is 50.3 Å². The molecule has 19 heavy (non-hydrogen) atoms. The van der Waals surface area contributed by atoms with Crippen molar-refractivity contribution in [3.8, 4) is 16.9 Å². The van der Waals surface area contributed by atoms with E-state index >= 15 is 0 Å². The quantitative estimate of drug-likeness (QED) is 0.707. The average molecular weight is 340 g/mol. The molecule has 3 rings (SSSR count). The lowest BCUT2D eigenvalue weighted by Crippen LogP contribution is -2.09. The molecule has 0 aliphatic heterocycles. The molecule has 0 atom stereocenters. The second-order valence-electron chi connectivity index (χ2n) is 3.95. The molecule has 0 aliphatic rings. The van der Waals surface area contributed by atoms with Crippen LogP contribution in [0, 0.1) is 5.82 Å². The maximum atomic E-state index is 13.8. The van der Waals surface area contributed by atoms with Crippen molar-refractivity contribution in [2.75, 3.05) is 0 Å². The molecule has 6 heteroatoms. The van der Waals surface area contributed by atoms with Crippen LogP contribution in [0.25, 0.3) is 21.3 Å². The Hall–Kier alpha value is -1.66. The summed E-state index contributed by atoms with van der Waals surface area (Å²) in [6.07, 6.45) is 0. The second kappa shape index (κ2) is 4.47. The third-order valence-electron chi connectivity index (χ3n) is 2.81. The van der Waals surface area contributed by atoms with Crippen molar-refractivity contribution in [2.45, 2.75) is 0 Å². The zero-order chi connectivity index (χ0) is 13.6. The Labute approximate surface area is 119 Å². The summed E-state index contributed by atoms with van der Waals surface area (Å²) in [5.41, 5.74) is 0.0504.